The summed E-state index contributed by atoms with van der Waals surface area (Å²) >= 11 is 0. The molecule has 49 heavy (non-hydrogen) atoms. The van der Waals surface area contributed by atoms with Crippen molar-refractivity contribution in [3.05, 3.63) is 84.2 Å². The summed E-state index contributed by atoms with van der Waals surface area (Å²) in [5.74, 6) is 1.98. The zero-order valence-corrected chi connectivity index (χ0v) is 29.1. The number of nitrogens with zero attached hydrogens (tertiary/aromatic N) is 6. The Kier molecular flexibility index (Phi) is 10.8. The first-order chi connectivity index (χ1) is 23.8. The van der Waals surface area contributed by atoms with E-state index in [4.69, 9.17) is 19.7 Å². The average molecular weight is 662 g/mol. The van der Waals surface area contributed by atoms with Gasteiger partial charge in [0, 0.05) is 67.3 Å². The minimum absolute atomic E-state index is 0.156. The number of aromatic nitrogens is 5. The van der Waals surface area contributed by atoms with E-state index in [1.165, 1.54) is 0 Å². The molecule has 0 unspecified atom stereocenters. The molecule has 0 saturated heterocycles. The normalized spacial score (nSPS) is 16.6. The number of rotatable bonds is 13. The zero-order chi connectivity index (χ0) is 34.3. The summed E-state index contributed by atoms with van der Waals surface area (Å²) in [6, 6.07) is 16.5. The van der Waals surface area contributed by atoms with Gasteiger partial charge in [-0.1, -0.05) is 50.3 Å². The second kappa shape index (κ2) is 15.6. The highest BCUT2D eigenvalue weighted by Crippen LogP contribution is 2.32. The van der Waals surface area contributed by atoms with Crippen LogP contribution in [0.15, 0.2) is 73.1 Å². The second-order valence-electron chi connectivity index (χ2n) is 13.4. The molecule has 0 atom stereocenters. The minimum Gasteiger partial charge on any atom is -0.384 e. The smallest absolute Gasteiger partial charge is 0.248 e. The maximum absolute atomic E-state index is 12.5. The number of nitrogens with one attached hydrogen (secondary N) is 3. The SMILES string of the molecule is COCC1CCC(Nc2nc(NCc3ccccc3-c3nccc4cc(NC(=O)/C=C/CN(C)C)ccc34)n3ncc(C(C)C)c3n2)CC1. The fourth-order valence-electron chi connectivity index (χ4n) is 6.48. The predicted octanol–water partition coefficient (Wildman–Crippen LogP) is 6.75. The number of pyridine rings is 1. The molecule has 256 valence electrons. The first-order valence-electron chi connectivity index (χ1n) is 17.1. The summed E-state index contributed by atoms with van der Waals surface area (Å²) < 4.78 is 7.20. The highest BCUT2D eigenvalue weighted by atomic mass is 16.5. The Bertz CT molecular complexity index is 1930. The number of hydrogen-bond donors (Lipinski definition) is 3. The molecule has 0 spiro atoms. The van der Waals surface area contributed by atoms with Crippen molar-refractivity contribution in [2.24, 2.45) is 5.92 Å². The van der Waals surface area contributed by atoms with Crippen molar-refractivity contribution in [1.82, 2.24) is 29.5 Å². The lowest BCUT2D eigenvalue weighted by molar-refractivity contribution is -0.111. The van der Waals surface area contributed by atoms with Gasteiger partial charge in [0.15, 0.2) is 5.65 Å². The Morgan fingerprint density at radius 1 is 1.08 bits per heavy atom. The fourth-order valence-corrected chi connectivity index (χ4v) is 6.48. The summed E-state index contributed by atoms with van der Waals surface area (Å²) in [4.78, 5) is 29.2. The Hall–Kier alpha value is -4.87. The summed E-state index contributed by atoms with van der Waals surface area (Å²) in [6.07, 6.45) is 11.5. The van der Waals surface area contributed by atoms with Gasteiger partial charge in [0.05, 0.1) is 11.9 Å². The minimum atomic E-state index is -0.156. The summed E-state index contributed by atoms with van der Waals surface area (Å²) in [7, 11) is 5.71. The van der Waals surface area contributed by atoms with E-state index in [0.717, 1.165) is 76.8 Å². The third-order valence-corrected chi connectivity index (χ3v) is 9.08. The van der Waals surface area contributed by atoms with Crippen molar-refractivity contribution >= 4 is 39.9 Å². The van der Waals surface area contributed by atoms with Gasteiger partial charge in [-0.2, -0.15) is 19.6 Å². The van der Waals surface area contributed by atoms with Crippen LogP contribution >= 0.6 is 0 Å². The van der Waals surface area contributed by atoms with Crippen molar-refractivity contribution in [2.75, 3.05) is 50.3 Å². The molecule has 11 heteroatoms. The maximum atomic E-state index is 12.5. The van der Waals surface area contributed by atoms with E-state index in [9.17, 15) is 4.79 Å². The van der Waals surface area contributed by atoms with Crippen LogP contribution in [0, 0.1) is 5.92 Å². The van der Waals surface area contributed by atoms with Crippen molar-refractivity contribution < 1.29 is 9.53 Å². The van der Waals surface area contributed by atoms with Crippen LogP contribution in [-0.2, 0) is 16.1 Å². The number of likely N-dealkylation sites (N-methyl/N-ethyl adjacent to an activating group) is 1. The highest BCUT2D eigenvalue weighted by Gasteiger charge is 2.23. The largest absolute Gasteiger partial charge is 0.384 e. The summed E-state index contributed by atoms with van der Waals surface area (Å²) in [5, 5.41) is 16.9. The van der Waals surface area contributed by atoms with E-state index in [2.05, 4.69) is 47.0 Å². The molecule has 2 aromatic carbocycles. The fraction of sp³-hybridized carbons (Fsp3) is 0.395. The molecule has 3 aromatic heterocycles. The maximum Gasteiger partial charge on any atom is 0.248 e. The van der Waals surface area contributed by atoms with E-state index in [-0.39, 0.29) is 11.8 Å². The van der Waals surface area contributed by atoms with Crippen LogP contribution in [0.2, 0.25) is 0 Å². The third-order valence-electron chi connectivity index (χ3n) is 9.08. The molecule has 1 fully saturated rings. The molecular weight excluding hydrogens is 614 g/mol. The van der Waals surface area contributed by atoms with Crippen LogP contribution in [0.25, 0.3) is 27.7 Å². The molecule has 0 radical (unpaired) electrons. The number of carbonyl (C=O) groups excluding carboxylic acids is 1. The summed E-state index contributed by atoms with van der Waals surface area (Å²) in [6.45, 7) is 6.34. The lowest BCUT2D eigenvalue weighted by atomic mass is 9.86. The Balaban J connectivity index is 1.24. The van der Waals surface area contributed by atoms with E-state index in [0.29, 0.717) is 36.9 Å². The van der Waals surface area contributed by atoms with Crippen LogP contribution in [0.4, 0.5) is 17.6 Å². The number of fused-ring (bicyclic) bond motifs is 2. The van der Waals surface area contributed by atoms with Crippen LogP contribution in [-0.4, -0.2) is 75.8 Å². The third kappa shape index (κ3) is 8.23. The second-order valence-corrected chi connectivity index (χ2v) is 13.4. The summed E-state index contributed by atoms with van der Waals surface area (Å²) in [5.41, 5.74) is 5.59. The molecule has 1 aliphatic rings. The molecule has 0 bridgehead atoms. The number of ether oxygens (including phenoxy) is 1. The number of benzene rings is 2. The first-order valence-corrected chi connectivity index (χ1v) is 17.1. The lowest BCUT2D eigenvalue weighted by Gasteiger charge is -2.28. The van der Waals surface area contributed by atoms with E-state index in [1.807, 2.05) is 73.9 Å². The van der Waals surface area contributed by atoms with E-state index in [1.54, 1.807) is 17.7 Å². The van der Waals surface area contributed by atoms with Crippen molar-refractivity contribution in [1.29, 1.82) is 0 Å². The molecule has 1 aliphatic carbocycles. The number of carbonyl (C=O) groups is 1. The molecule has 11 nitrogen and oxygen atoms in total. The molecule has 5 aromatic rings. The van der Waals surface area contributed by atoms with Crippen molar-refractivity contribution in [3.8, 4) is 11.3 Å². The zero-order valence-electron chi connectivity index (χ0n) is 29.1. The molecule has 3 heterocycles. The van der Waals surface area contributed by atoms with Gasteiger partial charge in [0.25, 0.3) is 0 Å². The van der Waals surface area contributed by atoms with Gasteiger partial charge in [-0.3, -0.25) is 9.78 Å². The van der Waals surface area contributed by atoms with Crippen LogP contribution in [0.1, 0.15) is 56.6 Å². The van der Waals surface area contributed by atoms with Crippen LogP contribution in [0.3, 0.4) is 0 Å². The van der Waals surface area contributed by atoms with Crippen molar-refractivity contribution in [3.63, 3.8) is 0 Å². The van der Waals surface area contributed by atoms with E-state index >= 15 is 0 Å². The number of hydrogen-bond acceptors (Lipinski definition) is 9. The Morgan fingerprint density at radius 2 is 1.90 bits per heavy atom. The Labute approximate surface area is 288 Å². The molecule has 1 amide bonds. The average Bonchev–Trinajstić information content (AvgIpc) is 3.52. The van der Waals surface area contributed by atoms with Crippen LogP contribution in [0.5, 0.6) is 0 Å². The van der Waals surface area contributed by atoms with Crippen molar-refractivity contribution in [2.45, 2.75) is 58.0 Å². The predicted molar refractivity (Wildman–Crippen MR) is 197 cm³/mol. The lowest BCUT2D eigenvalue weighted by Crippen LogP contribution is -2.28. The van der Waals surface area contributed by atoms with Gasteiger partial charge < -0.3 is 25.6 Å². The quantitative estimate of drug-likeness (QED) is 0.118. The molecule has 6 rings (SSSR count). The topological polar surface area (TPSA) is 122 Å². The highest BCUT2D eigenvalue weighted by molar-refractivity contribution is 6.02. The number of methoxy groups -OCH3 is 1. The van der Waals surface area contributed by atoms with Gasteiger partial charge in [-0.05, 0) is 80.8 Å². The van der Waals surface area contributed by atoms with Gasteiger partial charge in [-0.15, -0.1) is 0 Å². The first kappa shape index (κ1) is 34.0. The standard InChI is InChI=1S/C38H47N9O2/c1-25(2)33-23-41-47-36(33)44-37(43-29-14-12-26(13-15-29)24-49-5)45-38(47)40-22-28-9-6-7-10-31(28)35-32-17-16-30(21-27(32)18-19-39-35)42-34(48)11-8-20-46(3)4/h6-11,16-19,21,23,25-26,29H,12-15,20,22,24H2,1-5H3,(H,42,48)(H2,40,43,44,45)/b11-8+. The van der Waals surface area contributed by atoms with Gasteiger partial charge in [0.2, 0.25) is 17.8 Å². The number of anilines is 3. The van der Waals surface area contributed by atoms with E-state index < -0.39 is 0 Å². The Morgan fingerprint density at radius 3 is 2.67 bits per heavy atom. The molecule has 3 N–H and O–H groups in total. The number of amides is 1. The van der Waals surface area contributed by atoms with Gasteiger partial charge in [0.1, 0.15) is 0 Å². The molecule has 0 aliphatic heterocycles. The molecule has 1 saturated carbocycles. The van der Waals surface area contributed by atoms with Crippen LogP contribution < -0.4 is 16.0 Å². The van der Waals surface area contributed by atoms with Gasteiger partial charge >= 0.3 is 0 Å². The molecular formula is C38H47N9O2. The monoisotopic (exact) mass is 661 g/mol. The van der Waals surface area contributed by atoms with Gasteiger partial charge in [-0.25, -0.2) is 0 Å².